The molecule has 0 radical (unpaired) electrons. The van der Waals surface area contributed by atoms with Crippen molar-refractivity contribution in [3.63, 3.8) is 0 Å². The fraction of sp³-hybridized carbons (Fsp3) is 0.500. The molecule has 0 heterocycles. The highest BCUT2D eigenvalue weighted by molar-refractivity contribution is 7.92. The zero-order valence-corrected chi connectivity index (χ0v) is 11.4. The third kappa shape index (κ3) is 2.80. The van der Waals surface area contributed by atoms with Gasteiger partial charge < -0.3 is 0 Å². The molecule has 0 saturated heterocycles. The molecule has 1 aromatic rings. The molecule has 0 atom stereocenters. The van der Waals surface area contributed by atoms with E-state index in [-0.39, 0.29) is 22.3 Å². The van der Waals surface area contributed by atoms with E-state index >= 15 is 0 Å². The molecule has 0 spiro atoms. The number of carbonyl (C=O) groups excluding carboxylic acids is 1. The Balaban J connectivity index is 2.17. The van der Waals surface area contributed by atoms with Crippen LogP contribution in [0, 0.1) is 12.8 Å². The van der Waals surface area contributed by atoms with Gasteiger partial charge in [0.05, 0.1) is 4.90 Å². The summed E-state index contributed by atoms with van der Waals surface area (Å²) in [4.78, 5) is 12.3. The Bertz CT molecular complexity index is 540. The van der Waals surface area contributed by atoms with Gasteiger partial charge in [0.1, 0.15) is 5.75 Å². The molecule has 0 aliphatic heterocycles. The van der Waals surface area contributed by atoms with E-state index in [1.807, 2.05) is 0 Å². The summed E-state index contributed by atoms with van der Waals surface area (Å²) in [5, 5.41) is 0. The van der Waals surface area contributed by atoms with Gasteiger partial charge in [-0.3, -0.25) is 4.79 Å². The maximum Gasteiger partial charge on any atom is 0.185 e. The highest BCUT2D eigenvalue weighted by Crippen LogP contribution is 2.27. The number of carbonyl (C=O) groups is 1. The van der Waals surface area contributed by atoms with E-state index in [4.69, 9.17) is 0 Å². The van der Waals surface area contributed by atoms with Crippen molar-refractivity contribution in [2.45, 2.75) is 37.5 Å². The smallest absolute Gasteiger partial charge is 0.185 e. The summed E-state index contributed by atoms with van der Waals surface area (Å²) in [5.41, 5.74) is 0.705. The predicted octanol–water partition coefficient (Wildman–Crippen LogP) is 2.53. The first-order valence-corrected chi connectivity index (χ1v) is 7.97. The highest BCUT2D eigenvalue weighted by Gasteiger charge is 2.28. The Morgan fingerprint density at radius 1 is 1.22 bits per heavy atom. The number of hydrogen-bond donors (Lipinski definition) is 0. The largest absolute Gasteiger partial charge is 0.298 e. The van der Waals surface area contributed by atoms with Crippen molar-refractivity contribution < 1.29 is 13.2 Å². The van der Waals surface area contributed by atoms with Crippen LogP contribution in [0.4, 0.5) is 0 Å². The van der Waals surface area contributed by atoms with Crippen LogP contribution in [0.5, 0.6) is 0 Å². The maximum atomic E-state index is 12.2. The quantitative estimate of drug-likeness (QED) is 0.841. The first-order chi connectivity index (χ1) is 8.50. The van der Waals surface area contributed by atoms with Crippen LogP contribution >= 0.6 is 0 Å². The summed E-state index contributed by atoms with van der Waals surface area (Å²) >= 11 is 0. The minimum absolute atomic E-state index is 0.0382. The van der Waals surface area contributed by atoms with E-state index in [1.165, 1.54) is 0 Å². The van der Waals surface area contributed by atoms with E-state index in [0.29, 0.717) is 5.56 Å². The summed E-state index contributed by atoms with van der Waals surface area (Å²) < 4.78 is 24.4. The van der Waals surface area contributed by atoms with E-state index in [1.54, 1.807) is 31.2 Å². The molecule has 0 unspecified atom stereocenters. The van der Waals surface area contributed by atoms with Crippen molar-refractivity contribution >= 4 is 15.6 Å². The maximum absolute atomic E-state index is 12.2. The van der Waals surface area contributed by atoms with Gasteiger partial charge in [-0.15, -0.1) is 0 Å². The number of aryl methyl sites for hydroxylation is 1. The summed E-state index contributed by atoms with van der Waals surface area (Å²) in [6.07, 6.45) is 3.78. The monoisotopic (exact) mass is 266 g/mol. The molecule has 0 bridgehead atoms. The molecular formula is C14H18O3S. The molecule has 18 heavy (non-hydrogen) atoms. The van der Waals surface area contributed by atoms with Crippen LogP contribution in [0.1, 0.15) is 31.2 Å². The molecule has 1 aliphatic rings. The van der Waals surface area contributed by atoms with Crippen LogP contribution < -0.4 is 0 Å². The van der Waals surface area contributed by atoms with Gasteiger partial charge in [0.15, 0.2) is 15.6 Å². The molecule has 1 aliphatic carbocycles. The molecule has 4 heteroatoms. The molecule has 0 N–H and O–H groups in total. The Kier molecular flexibility index (Phi) is 3.85. The third-order valence-corrected chi connectivity index (χ3v) is 5.36. The normalized spacial score (nSPS) is 16.9. The zero-order chi connectivity index (χ0) is 13.2. The topological polar surface area (TPSA) is 51.2 Å². The average Bonchev–Trinajstić information content (AvgIpc) is 2.82. The van der Waals surface area contributed by atoms with Crippen LogP contribution in [-0.2, 0) is 14.6 Å². The van der Waals surface area contributed by atoms with Gasteiger partial charge in [-0.2, -0.15) is 0 Å². The van der Waals surface area contributed by atoms with Gasteiger partial charge in [-0.25, -0.2) is 8.42 Å². The minimum Gasteiger partial charge on any atom is -0.298 e. The number of Topliss-reactive ketones (excluding diaryl/α,β-unsaturated/α-hetero) is 1. The first kappa shape index (κ1) is 13.3. The molecule has 3 nitrogen and oxygen atoms in total. The molecule has 0 amide bonds. The second-order valence-corrected chi connectivity index (χ2v) is 6.93. The van der Waals surface area contributed by atoms with E-state index in [9.17, 15) is 13.2 Å². The molecule has 2 rings (SSSR count). The fourth-order valence-electron chi connectivity index (χ4n) is 2.54. The van der Waals surface area contributed by atoms with Crippen LogP contribution in [-0.4, -0.2) is 20.0 Å². The molecule has 0 aromatic heterocycles. The molecule has 1 saturated carbocycles. The van der Waals surface area contributed by atoms with Gasteiger partial charge in [0.2, 0.25) is 0 Å². The van der Waals surface area contributed by atoms with Crippen LogP contribution in [0.2, 0.25) is 0 Å². The van der Waals surface area contributed by atoms with Crippen LogP contribution in [0.25, 0.3) is 0 Å². The lowest BCUT2D eigenvalue weighted by Gasteiger charge is -2.10. The Morgan fingerprint density at radius 3 is 2.44 bits per heavy atom. The SMILES string of the molecule is Cc1ccccc1S(=O)(=O)CC(=O)C1CCCC1. The van der Waals surface area contributed by atoms with E-state index < -0.39 is 9.84 Å². The predicted molar refractivity (Wildman–Crippen MR) is 70.2 cm³/mol. The van der Waals surface area contributed by atoms with Crippen molar-refractivity contribution in [1.29, 1.82) is 0 Å². The molecule has 98 valence electrons. The molecule has 1 aromatic carbocycles. The third-order valence-electron chi connectivity index (χ3n) is 3.57. The highest BCUT2D eigenvalue weighted by atomic mass is 32.2. The summed E-state index contributed by atoms with van der Waals surface area (Å²) in [6, 6.07) is 6.83. The molecule has 1 fully saturated rings. The first-order valence-electron chi connectivity index (χ1n) is 6.32. The minimum atomic E-state index is -3.48. The zero-order valence-electron chi connectivity index (χ0n) is 10.6. The van der Waals surface area contributed by atoms with Gasteiger partial charge in [0.25, 0.3) is 0 Å². The summed E-state index contributed by atoms with van der Waals surface area (Å²) in [5.74, 6) is -0.498. The number of benzene rings is 1. The average molecular weight is 266 g/mol. The van der Waals surface area contributed by atoms with Crippen molar-refractivity contribution in [3.05, 3.63) is 29.8 Å². The lowest BCUT2D eigenvalue weighted by Crippen LogP contribution is -2.22. The van der Waals surface area contributed by atoms with Gasteiger partial charge in [-0.1, -0.05) is 31.0 Å². The standard InChI is InChI=1S/C14H18O3S/c1-11-6-2-5-9-14(11)18(16,17)10-13(15)12-7-3-4-8-12/h2,5-6,9,12H,3-4,7-8,10H2,1H3. The van der Waals surface area contributed by atoms with Gasteiger partial charge in [0, 0.05) is 5.92 Å². The second kappa shape index (κ2) is 5.22. The lowest BCUT2D eigenvalue weighted by atomic mass is 10.0. The summed E-state index contributed by atoms with van der Waals surface area (Å²) in [7, 11) is -3.48. The Morgan fingerprint density at radius 2 is 1.83 bits per heavy atom. The number of sulfone groups is 1. The lowest BCUT2D eigenvalue weighted by molar-refractivity contribution is -0.120. The van der Waals surface area contributed by atoms with Crippen LogP contribution in [0.3, 0.4) is 0 Å². The number of rotatable bonds is 4. The van der Waals surface area contributed by atoms with E-state index in [0.717, 1.165) is 25.7 Å². The van der Waals surface area contributed by atoms with Crippen molar-refractivity contribution in [1.82, 2.24) is 0 Å². The Hall–Kier alpha value is -1.16. The van der Waals surface area contributed by atoms with Crippen molar-refractivity contribution in [2.75, 3.05) is 5.75 Å². The van der Waals surface area contributed by atoms with Crippen molar-refractivity contribution in [3.8, 4) is 0 Å². The Labute approximate surface area is 108 Å². The van der Waals surface area contributed by atoms with Gasteiger partial charge >= 0.3 is 0 Å². The summed E-state index contributed by atoms with van der Waals surface area (Å²) in [6.45, 7) is 1.76. The van der Waals surface area contributed by atoms with E-state index in [2.05, 4.69) is 0 Å². The fourth-order valence-corrected chi connectivity index (χ4v) is 4.15. The van der Waals surface area contributed by atoms with Crippen LogP contribution in [0.15, 0.2) is 29.2 Å². The van der Waals surface area contributed by atoms with Crippen molar-refractivity contribution in [2.24, 2.45) is 5.92 Å². The second-order valence-electron chi connectivity index (χ2n) is 4.97. The number of ketones is 1. The molecular weight excluding hydrogens is 248 g/mol. The van der Waals surface area contributed by atoms with Gasteiger partial charge in [-0.05, 0) is 31.4 Å². The number of hydrogen-bond acceptors (Lipinski definition) is 3.